The fraction of sp³-hybridized carbons (Fsp3) is 0.818. The van der Waals surface area contributed by atoms with Crippen molar-refractivity contribution >= 4 is 0 Å². The zero-order valence-electron chi connectivity index (χ0n) is 9.42. The minimum absolute atomic E-state index is 0.250. The third-order valence-electron chi connectivity index (χ3n) is 1.78. The molecule has 0 bridgehead atoms. The summed E-state index contributed by atoms with van der Waals surface area (Å²) in [5.41, 5.74) is 0. The Kier molecular flexibility index (Phi) is 10.4. The summed E-state index contributed by atoms with van der Waals surface area (Å²) in [6.45, 7) is 11.8. The molecule has 0 saturated heterocycles. The topological polar surface area (TPSA) is 30.5 Å². The summed E-state index contributed by atoms with van der Waals surface area (Å²) in [7, 11) is 0. The van der Waals surface area contributed by atoms with Crippen LogP contribution in [-0.4, -0.2) is 39.0 Å². The molecule has 0 aromatic heterocycles. The normalized spacial score (nSPS) is 12.7. The van der Waals surface area contributed by atoms with E-state index in [-0.39, 0.29) is 6.10 Å². The minimum Gasteiger partial charge on any atom is -0.382 e. The molecule has 0 aliphatic carbocycles. The lowest BCUT2D eigenvalue weighted by Crippen LogP contribution is -2.28. The van der Waals surface area contributed by atoms with Gasteiger partial charge in [0.2, 0.25) is 0 Å². The third-order valence-corrected chi connectivity index (χ3v) is 1.78. The number of rotatable bonds is 10. The molecule has 1 atom stereocenters. The van der Waals surface area contributed by atoms with E-state index in [1.54, 1.807) is 6.08 Å². The standard InChI is InChI=1S/C11H23NO2/c1-4-8-14-11(3)10-12-7-6-9-13-5-2/h4,11-12H,1,5-10H2,2-3H3. The Labute approximate surface area is 87.5 Å². The highest BCUT2D eigenvalue weighted by Crippen LogP contribution is 1.88. The highest BCUT2D eigenvalue weighted by Gasteiger charge is 1.98. The van der Waals surface area contributed by atoms with Gasteiger partial charge in [0, 0.05) is 19.8 Å². The van der Waals surface area contributed by atoms with Crippen molar-refractivity contribution < 1.29 is 9.47 Å². The fourth-order valence-corrected chi connectivity index (χ4v) is 1.04. The maximum atomic E-state index is 5.41. The molecule has 0 aromatic rings. The summed E-state index contributed by atoms with van der Waals surface area (Å²) < 4.78 is 10.6. The first kappa shape index (κ1) is 13.6. The van der Waals surface area contributed by atoms with Gasteiger partial charge in [-0.15, -0.1) is 6.58 Å². The maximum Gasteiger partial charge on any atom is 0.0675 e. The van der Waals surface area contributed by atoms with Crippen LogP contribution in [0.5, 0.6) is 0 Å². The van der Waals surface area contributed by atoms with Crippen LogP contribution in [0, 0.1) is 0 Å². The quantitative estimate of drug-likeness (QED) is 0.430. The molecule has 84 valence electrons. The van der Waals surface area contributed by atoms with Gasteiger partial charge in [0.1, 0.15) is 0 Å². The lowest BCUT2D eigenvalue weighted by molar-refractivity contribution is 0.0868. The number of ether oxygens (including phenoxy) is 2. The Hall–Kier alpha value is -0.380. The molecule has 0 saturated carbocycles. The first-order chi connectivity index (χ1) is 6.81. The van der Waals surface area contributed by atoms with E-state index >= 15 is 0 Å². The smallest absolute Gasteiger partial charge is 0.0675 e. The van der Waals surface area contributed by atoms with Gasteiger partial charge in [-0.3, -0.25) is 0 Å². The van der Waals surface area contributed by atoms with Gasteiger partial charge in [-0.05, 0) is 26.8 Å². The van der Waals surface area contributed by atoms with Gasteiger partial charge in [0.05, 0.1) is 12.7 Å². The van der Waals surface area contributed by atoms with Crippen molar-refractivity contribution in [2.45, 2.75) is 26.4 Å². The van der Waals surface area contributed by atoms with Crippen molar-refractivity contribution in [3.63, 3.8) is 0 Å². The first-order valence-electron chi connectivity index (χ1n) is 5.32. The van der Waals surface area contributed by atoms with E-state index in [2.05, 4.69) is 18.8 Å². The molecule has 1 N–H and O–H groups in total. The van der Waals surface area contributed by atoms with Gasteiger partial charge in [-0.2, -0.15) is 0 Å². The van der Waals surface area contributed by atoms with E-state index in [0.717, 1.165) is 32.7 Å². The van der Waals surface area contributed by atoms with Crippen LogP contribution in [0.15, 0.2) is 12.7 Å². The van der Waals surface area contributed by atoms with E-state index in [0.29, 0.717) is 6.61 Å². The van der Waals surface area contributed by atoms with Crippen LogP contribution < -0.4 is 5.32 Å². The lowest BCUT2D eigenvalue weighted by Gasteiger charge is -2.12. The predicted molar refractivity (Wildman–Crippen MR) is 59.6 cm³/mol. The van der Waals surface area contributed by atoms with Crippen LogP contribution in [-0.2, 0) is 9.47 Å². The van der Waals surface area contributed by atoms with Crippen LogP contribution >= 0.6 is 0 Å². The van der Waals surface area contributed by atoms with Gasteiger partial charge in [0.25, 0.3) is 0 Å². The number of hydrogen-bond acceptors (Lipinski definition) is 3. The molecule has 0 rings (SSSR count). The van der Waals surface area contributed by atoms with Crippen molar-refractivity contribution in [2.24, 2.45) is 0 Å². The van der Waals surface area contributed by atoms with E-state index in [9.17, 15) is 0 Å². The zero-order valence-corrected chi connectivity index (χ0v) is 9.42. The van der Waals surface area contributed by atoms with E-state index in [4.69, 9.17) is 9.47 Å². The third kappa shape index (κ3) is 9.71. The van der Waals surface area contributed by atoms with Crippen molar-refractivity contribution in [3.8, 4) is 0 Å². The maximum absolute atomic E-state index is 5.41. The van der Waals surface area contributed by atoms with Gasteiger partial charge < -0.3 is 14.8 Å². The van der Waals surface area contributed by atoms with Gasteiger partial charge in [0.15, 0.2) is 0 Å². The first-order valence-corrected chi connectivity index (χ1v) is 5.32. The van der Waals surface area contributed by atoms with Crippen molar-refractivity contribution in [1.82, 2.24) is 5.32 Å². The van der Waals surface area contributed by atoms with Crippen LogP contribution in [0.4, 0.5) is 0 Å². The Bertz CT molecular complexity index is 128. The van der Waals surface area contributed by atoms with Crippen molar-refractivity contribution in [3.05, 3.63) is 12.7 Å². The average molecular weight is 201 g/mol. The summed E-state index contributed by atoms with van der Waals surface area (Å²) in [6.07, 6.45) is 3.08. The molecule has 0 aromatic carbocycles. The van der Waals surface area contributed by atoms with Gasteiger partial charge in [-0.25, -0.2) is 0 Å². The second kappa shape index (κ2) is 10.7. The number of nitrogens with one attached hydrogen (secondary N) is 1. The molecule has 0 spiro atoms. The Morgan fingerprint density at radius 3 is 2.93 bits per heavy atom. The minimum atomic E-state index is 0.250. The molecule has 1 unspecified atom stereocenters. The molecule has 0 fully saturated rings. The Balaban J connectivity index is 3.06. The average Bonchev–Trinajstić information content (AvgIpc) is 2.20. The van der Waals surface area contributed by atoms with Gasteiger partial charge >= 0.3 is 0 Å². The van der Waals surface area contributed by atoms with Crippen molar-refractivity contribution in [1.29, 1.82) is 0 Å². The molecule has 0 heterocycles. The molecule has 0 radical (unpaired) electrons. The Morgan fingerprint density at radius 2 is 2.29 bits per heavy atom. The van der Waals surface area contributed by atoms with E-state index in [1.165, 1.54) is 0 Å². The number of hydrogen-bond donors (Lipinski definition) is 1. The molecule has 0 aliphatic rings. The van der Waals surface area contributed by atoms with Crippen LogP contribution in [0.1, 0.15) is 20.3 Å². The lowest BCUT2D eigenvalue weighted by atomic mass is 10.3. The largest absolute Gasteiger partial charge is 0.382 e. The van der Waals surface area contributed by atoms with Crippen LogP contribution in [0.25, 0.3) is 0 Å². The molecule has 3 heteroatoms. The summed E-state index contributed by atoms with van der Waals surface area (Å²) >= 11 is 0. The molecule has 0 amide bonds. The van der Waals surface area contributed by atoms with Crippen LogP contribution in [0.2, 0.25) is 0 Å². The van der Waals surface area contributed by atoms with Gasteiger partial charge in [-0.1, -0.05) is 6.08 Å². The molecule has 14 heavy (non-hydrogen) atoms. The summed E-state index contributed by atoms with van der Waals surface area (Å²) in [4.78, 5) is 0. The summed E-state index contributed by atoms with van der Waals surface area (Å²) in [5.74, 6) is 0. The van der Waals surface area contributed by atoms with E-state index < -0.39 is 0 Å². The highest BCUT2D eigenvalue weighted by molar-refractivity contribution is 4.66. The summed E-state index contributed by atoms with van der Waals surface area (Å²) in [6, 6.07) is 0. The zero-order chi connectivity index (χ0) is 10.6. The molecular formula is C11H23NO2. The van der Waals surface area contributed by atoms with Crippen molar-refractivity contribution in [2.75, 3.05) is 32.9 Å². The van der Waals surface area contributed by atoms with Crippen LogP contribution in [0.3, 0.4) is 0 Å². The fourth-order valence-electron chi connectivity index (χ4n) is 1.04. The summed E-state index contributed by atoms with van der Waals surface area (Å²) in [5, 5.41) is 3.31. The molecular weight excluding hydrogens is 178 g/mol. The highest BCUT2D eigenvalue weighted by atomic mass is 16.5. The second-order valence-corrected chi connectivity index (χ2v) is 3.19. The predicted octanol–water partition coefficient (Wildman–Crippen LogP) is 1.59. The molecule has 0 aliphatic heterocycles. The second-order valence-electron chi connectivity index (χ2n) is 3.19. The monoisotopic (exact) mass is 201 g/mol. The molecule has 3 nitrogen and oxygen atoms in total. The Morgan fingerprint density at radius 1 is 1.50 bits per heavy atom. The SMILES string of the molecule is C=CCOC(C)CNCCCOCC. The van der Waals surface area contributed by atoms with E-state index in [1.807, 2.05) is 6.92 Å².